The molecule has 0 spiro atoms. The molecule has 0 radical (unpaired) electrons. The standard InChI is InChI=1S/C8H25NOSi3/c1-8(2)9(12(4)5)13(6,7)11-10-3/h8,12H,11H2,1-7H3. The van der Waals surface area contributed by atoms with Gasteiger partial charge in [-0.15, -0.1) is 0 Å². The molecule has 0 unspecified atom stereocenters. The molecule has 0 aromatic heterocycles. The molecule has 0 atom stereocenters. The third-order valence-corrected chi connectivity index (χ3v) is 15.8. The summed E-state index contributed by atoms with van der Waals surface area (Å²) in [5.74, 6) is 0. The zero-order chi connectivity index (χ0) is 10.6. The Kier molecular flexibility index (Phi) is 5.69. The second kappa shape index (κ2) is 5.45. The molecule has 0 aromatic carbocycles. The SMILES string of the molecule is CO[SiH2][Si](C)(C)N(C(C)C)[SiH](C)C. The fourth-order valence-corrected chi connectivity index (χ4v) is 19.1. The Morgan fingerprint density at radius 2 is 1.77 bits per heavy atom. The molecule has 0 saturated carbocycles. The average Bonchev–Trinajstić information content (AvgIpc) is 1.82. The van der Waals surface area contributed by atoms with E-state index in [0.717, 1.165) is 6.04 Å². The number of nitrogens with zero attached hydrogens (tertiary/aromatic N) is 1. The van der Waals surface area contributed by atoms with E-state index in [9.17, 15) is 0 Å². The van der Waals surface area contributed by atoms with E-state index in [0.29, 0.717) is 0 Å². The summed E-state index contributed by atoms with van der Waals surface area (Å²) in [5, 5.41) is 0. The molecule has 2 nitrogen and oxygen atoms in total. The lowest BCUT2D eigenvalue weighted by molar-refractivity contribution is 0.444. The van der Waals surface area contributed by atoms with Crippen LogP contribution in [-0.2, 0) is 4.43 Å². The van der Waals surface area contributed by atoms with Gasteiger partial charge < -0.3 is 8.66 Å². The van der Waals surface area contributed by atoms with E-state index in [1.54, 1.807) is 0 Å². The normalized spacial score (nSPS) is 14.3. The molecular weight excluding hydrogens is 210 g/mol. The lowest BCUT2D eigenvalue weighted by Crippen LogP contribution is -2.61. The van der Waals surface area contributed by atoms with Crippen molar-refractivity contribution in [3.8, 4) is 0 Å². The minimum Gasteiger partial charge on any atom is -0.429 e. The molecule has 0 bridgehead atoms. The highest BCUT2D eigenvalue weighted by molar-refractivity contribution is 7.22. The zero-order valence-electron chi connectivity index (χ0n) is 10.2. The zero-order valence-corrected chi connectivity index (χ0v) is 13.8. The topological polar surface area (TPSA) is 12.5 Å². The summed E-state index contributed by atoms with van der Waals surface area (Å²) in [6.07, 6.45) is 0. The lowest BCUT2D eigenvalue weighted by atomic mass is 10.4. The van der Waals surface area contributed by atoms with E-state index in [1.807, 2.05) is 7.11 Å². The van der Waals surface area contributed by atoms with Crippen LogP contribution in [0.2, 0.25) is 26.2 Å². The van der Waals surface area contributed by atoms with Crippen molar-refractivity contribution < 1.29 is 4.43 Å². The van der Waals surface area contributed by atoms with E-state index < -0.39 is 16.7 Å². The van der Waals surface area contributed by atoms with Gasteiger partial charge in [0.15, 0.2) is 9.28 Å². The Hall–Kier alpha value is 0.571. The molecule has 0 saturated heterocycles. The third-order valence-electron chi connectivity index (χ3n) is 2.31. The van der Waals surface area contributed by atoms with Crippen molar-refractivity contribution in [1.29, 1.82) is 0 Å². The van der Waals surface area contributed by atoms with Crippen LogP contribution in [0.3, 0.4) is 0 Å². The molecule has 80 valence electrons. The van der Waals surface area contributed by atoms with Gasteiger partial charge >= 0.3 is 0 Å². The number of hydrogen-bond acceptors (Lipinski definition) is 2. The van der Waals surface area contributed by atoms with Gasteiger partial charge in [0.05, 0.1) is 8.96 Å². The largest absolute Gasteiger partial charge is 0.429 e. The maximum Gasteiger partial charge on any atom is 0.166 e. The lowest BCUT2D eigenvalue weighted by Gasteiger charge is -2.42. The molecule has 0 aliphatic heterocycles. The maximum absolute atomic E-state index is 5.47. The van der Waals surface area contributed by atoms with Crippen molar-refractivity contribution in [2.75, 3.05) is 7.11 Å². The third kappa shape index (κ3) is 4.07. The van der Waals surface area contributed by atoms with Crippen LogP contribution in [-0.4, -0.2) is 43.4 Å². The summed E-state index contributed by atoms with van der Waals surface area (Å²) < 4.78 is 8.29. The second-order valence-electron chi connectivity index (χ2n) is 4.84. The van der Waals surface area contributed by atoms with Crippen molar-refractivity contribution in [1.82, 2.24) is 4.23 Å². The van der Waals surface area contributed by atoms with Crippen molar-refractivity contribution in [3.63, 3.8) is 0 Å². The van der Waals surface area contributed by atoms with Gasteiger partial charge in [-0.05, 0) is 6.04 Å². The van der Waals surface area contributed by atoms with Crippen LogP contribution >= 0.6 is 0 Å². The fourth-order valence-electron chi connectivity index (χ4n) is 2.42. The first-order valence-corrected chi connectivity index (χ1v) is 13.8. The molecule has 0 aliphatic carbocycles. The predicted molar refractivity (Wildman–Crippen MR) is 68.9 cm³/mol. The summed E-state index contributed by atoms with van der Waals surface area (Å²) >= 11 is 0. The Bertz CT molecular complexity index is 142. The molecule has 0 N–H and O–H groups in total. The van der Waals surface area contributed by atoms with Crippen LogP contribution in [0.4, 0.5) is 0 Å². The smallest absolute Gasteiger partial charge is 0.166 e. The number of rotatable bonds is 5. The molecule has 0 heterocycles. The van der Waals surface area contributed by atoms with Crippen LogP contribution in [0.25, 0.3) is 0 Å². The van der Waals surface area contributed by atoms with Crippen molar-refractivity contribution in [2.24, 2.45) is 0 Å². The molecule has 13 heavy (non-hydrogen) atoms. The Balaban J connectivity index is 4.52. The highest BCUT2D eigenvalue weighted by Crippen LogP contribution is 2.14. The van der Waals surface area contributed by atoms with Gasteiger partial charge in [-0.1, -0.05) is 40.0 Å². The highest BCUT2D eigenvalue weighted by Gasteiger charge is 2.33. The van der Waals surface area contributed by atoms with Gasteiger partial charge in [0.2, 0.25) is 0 Å². The Labute approximate surface area is 88.2 Å². The van der Waals surface area contributed by atoms with E-state index in [1.165, 1.54) is 0 Å². The molecule has 0 aromatic rings. The molecule has 0 rings (SSSR count). The fraction of sp³-hybridized carbons (Fsp3) is 1.00. The van der Waals surface area contributed by atoms with Crippen LogP contribution in [0.15, 0.2) is 0 Å². The highest BCUT2D eigenvalue weighted by atomic mass is 29.2. The quantitative estimate of drug-likeness (QED) is 0.662. The van der Waals surface area contributed by atoms with Crippen molar-refractivity contribution in [3.05, 3.63) is 0 Å². The Morgan fingerprint density at radius 3 is 2.00 bits per heavy atom. The van der Waals surface area contributed by atoms with Crippen LogP contribution in [0.5, 0.6) is 0 Å². The Morgan fingerprint density at radius 1 is 1.31 bits per heavy atom. The first-order chi connectivity index (χ1) is 5.83. The first-order valence-electron chi connectivity index (χ1n) is 5.10. The summed E-state index contributed by atoms with van der Waals surface area (Å²) in [6, 6.07) is 0.719. The summed E-state index contributed by atoms with van der Waals surface area (Å²) in [5.41, 5.74) is 0. The minimum atomic E-state index is -1.15. The van der Waals surface area contributed by atoms with Gasteiger partial charge in [0, 0.05) is 7.11 Å². The molecule has 0 fully saturated rings. The van der Waals surface area contributed by atoms with Gasteiger partial charge in [0.25, 0.3) is 0 Å². The maximum atomic E-state index is 5.47. The summed E-state index contributed by atoms with van der Waals surface area (Å²) in [7, 11) is -0.205. The number of hydrogen-bond donors (Lipinski definition) is 0. The van der Waals surface area contributed by atoms with Crippen molar-refractivity contribution in [2.45, 2.75) is 46.1 Å². The van der Waals surface area contributed by atoms with Gasteiger partial charge in [-0.3, -0.25) is 0 Å². The van der Waals surface area contributed by atoms with Gasteiger partial charge in [0.1, 0.15) is 7.75 Å². The van der Waals surface area contributed by atoms with E-state index in [-0.39, 0.29) is 9.28 Å². The molecule has 5 heteroatoms. The average molecular weight is 236 g/mol. The monoisotopic (exact) mass is 235 g/mol. The van der Waals surface area contributed by atoms with Crippen LogP contribution in [0, 0.1) is 0 Å². The van der Waals surface area contributed by atoms with Crippen LogP contribution in [0.1, 0.15) is 13.8 Å². The summed E-state index contributed by atoms with van der Waals surface area (Å²) in [4.78, 5) is 0. The molecular formula is C8H25NOSi3. The molecule has 0 aliphatic rings. The van der Waals surface area contributed by atoms with E-state index in [2.05, 4.69) is 44.3 Å². The first kappa shape index (κ1) is 13.6. The van der Waals surface area contributed by atoms with Gasteiger partial charge in [-0.2, -0.15) is 0 Å². The van der Waals surface area contributed by atoms with Crippen LogP contribution < -0.4 is 0 Å². The van der Waals surface area contributed by atoms with Crippen molar-refractivity contribution >= 4 is 26.0 Å². The minimum absolute atomic E-state index is 0.284. The van der Waals surface area contributed by atoms with Gasteiger partial charge in [-0.25, -0.2) is 0 Å². The molecule has 0 amide bonds. The predicted octanol–water partition coefficient (Wildman–Crippen LogP) is 1.11. The van der Waals surface area contributed by atoms with E-state index in [4.69, 9.17) is 4.43 Å². The second-order valence-corrected chi connectivity index (χ2v) is 19.2. The van der Waals surface area contributed by atoms with E-state index >= 15 is 0 Å². The summed E-state index contributed by atoms with van der Waals surface area (Å²) in [6.45, 7) is 14.4.